The van der Waals surface area contributed by atoms with Gasteiger partial charge < -0.3 is 15.9 Å². The van der Waals surface area contributed by atoms with E-state index in [0.717, 1.165) is 5.56 Å². The smallest absolute Gasteiger partial charge is 0.320 e. The third-order valence-corrected chi connectivity index (χ3v) is 2.08. The van der Waals surface area contributed by atoms with Crippen molar-refractivity contribution in [2.24, 2.45) is 5.73 Å². The Bertz CT molecular complexity index is 349. The van der Waals surface area contributed by atoms with Gasteiger partial charge in [0.1, 0.15) is 11.8 Å². The van der Waals surface area contributed by atoms with Gasteiger partial charge in [-0.3, -0.25) is 4.79 Å². The number of para-hydroxylation sites is 1. The Morgan fingerprint density at radius 2 is 2.21 bits per heavy atom. The SMILES string of the molecule is Cc1cccc(CC(N)C(=O)O)c1O. The summed E-state index contributed by atoms with van der Waals surface area (Å²) in [6.07, 6.45) is 0.142. The van der Waals surface area contributed by atoms with Crippen LogP contribution in [-0.4, -0.2) is 22.2 Å². The fourth-order valence-electron chi connectivity index (χ4n) is 1.21. The Kier molecular flexibility index (Phi) is 3.09. The number of benzene rings is 1. The first kappa shape index (κ1) is 10.5. The van der Waals surface area contributed by atoms with Crippen molar-refractivity contribution >= 4 is 5.97 Å². The molecule has 1 aromatic rings. The standard InChI is InChI=1S/C10H13NO3/c1-6-3-2-4-7(9(6)12)5-8(11)10(13)14/h2-4,8,12H,5,11H2,1H3,(H,13,14). The summed E-state index contributed by atoms with van der Waals surface area (Å²) in [5.41, 5.74) is 6.65. The number of carbonyl (C=O) groups is 1. The highest BCUT2D eigenvalue weighted by Gasteiger charge is 2.14. The van der Waals surface area contributed by atoms with E-state index in [2.05, 4.69) is 0 Å². The van der Waals surface area contributed by atoms with Gasteiger partial charge in [0, 0.05) is 6.42 Å². The van der Waals surface area contributed by atoms with Crippen molar-refractivity contribution in [2.45, 2.75) is 19.4 Å². The Morgan fingerprint density at radius 3 is 2.79 bits per heavy atom. The van der Waals surface area contributed by atoms with Gasteiger partial charge in [-0.1, -0.05) is 18.2 Å². The molecule has 76 valence electrons. The number of aryl methyl sites for hydroxylation is 1. The maximum atomic E-state index is 10.5. The second kappa shape index (κ2) is 4.11. The number of nitrogens with two attached hydrogens (primary N) is 1. The van der Waals surface area contributed by atoms with Crippen LogP contribution in [0.1, 0.15) is 11.1 Å². The minimum absolute atomic E-state index is 0.129. The van der Waals surface area contributed by atoms with Crippen LogP contribution in [0.15, 0.2) is 18.2 Å². The quantitative estimate of drug-likeness (QED) is 0.661. The Labute approximate surface area is 82.0 Å². The molecule has 0 aliphatic carbocycles. The molecule has 0 aromatic heterocycles. The molecule has 0 spiro atoms. The van der Waals surface area contributed by atoms with Crippen LogP contribution >= 0.6 is 0 Å². The molecular formula is C10H13NO3. The lowest BCUT2D eigenvalue weighted by molar-refractivity contribution is -0.138. The van der Waals surface area contributed by atoms with E-state index >= 15 is 0 Å². The number of carboxylic acid groups (broad SMARTS) is 1. The van der Waals surface area contributed by atoms with Crippen LogP contribution in [0.2, 0.25) is 0 Å². The minimum atomic E-state index is -1.06. The number of rotatable bonds is 3. The van der Waals surface area contributed by atoms with Crippen LogP contribution < -0.4 is 5.73 Å². The molecule has 0 radical (unpaired) electrons. The molecule has 0 aliphatic rings. The number of hydrogen-bond acceptors (Lipinski definition) is 3. The molecule has 0 bridgehead atoms. The third-order valence-electron chi connectivity index (χ3n) is 2.08. The maximum Gasteiger partial charge on any atom is 0.320 e. The van der Waals surface area contributed by atoms with Crippen LogP contribution in [0.5, 0.6) is 5.75 Å². The molecule has 0 aliphatic heterocycles. The van der Waals surface area contributed by atoms with Crippen molar-refractivity contribution in [3.05, 3.63) is 29.3 Å². The van der Waals surface area contributed by atoms with Crippen LogP contribution in [0.4, 0.5) is 0 Å². The van der Waals surface area contributed by atoms with E-state index in [1.54, 1.807) is 25.1 Å². The van der Waals surface area contributed by atoms with E-state index in [1.807, 2.05) is 0 Å². The molecule has 4 nitrogen and oxygen atoms in total. The van der Waals surface area contributed by atoms with Crippen LogP contribution in [0, 0.1) is 6.92 Å². The van der Waals surface area contributed by atoms with Crippen molar-refractivity contribution in [1.29, 1.82) is 0 Å². The lowest BCUT2D eigenvalue weighted by atomic mass is 10.0. The topological polar surface area (TPSA) is 83.6 Å². The van der Waals surface area contributed by atoms with Gasteiger partial charge in [0.15, 0.2) is 0 Å². The first-order valence-electron chi connectivity index (χ1n) is 4.28. The molecule has 0 saturated heterocycles. The predicted octanol–water partition coefficient (Wildman–Crippen LogP) is 0.655. The first-order valence-corrected chi connectivity index (χ1v) is 4.28. The molecule has 1 atom stereocenters. The highest BCUT2D eigenvalue weighted by molar-refractivity contribution is 5.73. The average molecular weight is 195 g/mol. The van der Waals surface area contributed by atoms with Crippen molar-refractivity contribution in [1.82, 2.24) is 0 Å². The summed E-state index contributed by atoms with van der Waals surface area (Å²) >= 11 is 0. The molecule has 1 aromatic carbocycles. The average Bonchev–Trinajstić information content (AvgIpc) is 2.12. The summed E-state index contributed by atoms with van der Waals surface area (Å²) in [6.45, 7) is 1.76. The molecule has 1 unspecified atom stereocenters. The number of phenolic OH excluding ortho intramolecular Hbond substituents is 1. The van der Waals surface area contributed by atoms with E-state index in [4.69, 9.17) is 10.8 Å². The van der Waals surface area contributed by atoms with Gasteiger partial charge in [0.2, 0.25) is 0 Å². The third kappa shape index (κ3) is 2.23. The molecule has 0 fully saturated rings. The summed E-state index contributed by atoms with van der Waals surface area (Å²) in [6, 6.07) is 4.22. The van der Waals surface area contributed by atoms with Crippen molar-refractivity contribution < 1.29 is 15.0 Å². The van der Waals surface area contributed by atoms with Gasteiger partial charge in [-0.25, -0.2) is 0 Å². The number of aromatic hydroxyl groups is 1. The molecule has 0 amide bonds. The summed E-state index contributed by atoms with van der Waals surface area (Å²) in [5.74, 6) is -0.935. The lowest BCUT2D eigenvalue weighted by Crippen LogP contribution is -2.32. The van der Waals surface area contributed by atoms with E-state index in [-0.39, 0.29) is 12.2 Å². The van der Waals surface area contributed by atoms with E-state index in [9.17, 15) is 9.90 Å². The second-order valence-electron chi connectivity index (χ2n) is 3.23. The highest BCUT2D eigenvalue weighted by Crippen LogP contribution is 2.22. The maximum absolute atomic E-state index is 10.5. The van der Waals surface area contributed by atoms with Crippen molar-refractivity contribution in [2.75, 3.05) is 0 Å². The van der Waals surface area contributed by atoms with Crippen LogP contribution in [0.25, 0.3) is 0 Å². The number of carboxylic acids is 1. The van der Waals surface area contributed by atoms with Crippen LogP contribution in [-0.2, 0) is 11.2 Å². The predicted molar refractivity (Wildman–Crippen MR) is 52.2 cm³/mol. The van der Waals surface area contributed by atoms with E-state index < -0.39 is 12.0 Å². The molecule has 1 rings (SSSR count). The number of hydrogen-bond donors (Lipinski definition) is 3. The van der Waals surface area contributed by atoms with Gasteiger partial charge >= 0.3 is 5.97 Å². The Morgan fingerprint density at radius 1 is 1.57 bits per heavy atom. The second-order valence-corrected chi connectivity index (χ2v) is 3.23. The molecular weight excluding hydrogens is 182 g/mol. The summed E-state index contributed by atoms with van der Waals surface area (Å²) in [7, 11) is 0. The molecule has 0 saturated carbocycles. The first-order chi connectivity index (χ1) is 6.52. The fourth-order valence-corrected chi connectivity index (χ4v) is 1.21. The van der Waals surface area contributed by atoms with Gasteiger partial charge in [-0.05, 0) is 18.1 Å². The van der Waals surface area contributed by atoms with Crippen molar-refractivity contribution in [3.8, 4) is 5.75 Å². The van der Waals surface area contributed by atoms with Gasteiger partial charge in [0.05, 0.1) is 0 Å². The summed E-state index contributed by atoms with van der Waals surface area (Å²) in [4.78, 5) is 10.5. The molecule has 14 heavy (non-hydrogen) atoms. The molecule has 4 N–H and O–H groups in total. The van der Waals surface area contributed by atoms with Crippen molar-refractivity contribution in [3.63, 3.8) is 0 Å². The zero-order valence-electron chi connectivity index (χ0n) is 7.90. The van der Waals surface area contributed by atoms with E-state index in [0.29, 0.717) is 5.56 Å². The zero-order chi connectivity index (χ0) is 10.7. The molecule has 0 heterocycles. The van der Waals surface area contributed by atoms with Gasteiger partial charge in [-0.2, -0.15) is 0 Å². The fraction of sp³-hybridized carbons (Fsp3) is 0.300. The Hall–Kier alpha value is -1.55. The largest absolute Gasteiger partial charge is 0.507 e. The minimum Gasteiger partial charge on any atom is -0.507 e. The highest BCUT2D eigenvalue weighted by atomic mass is 16.4. The van der Waals surface area contributed by atoms with Gasteiger partial charge in [0.25, 0.3) is 0 Å². The zero-order valence-corrected chi connectivity index (χ0v) is 7.90. The number of phenols is 1. The van der Waals surface area contributed by atoms with Crippen LogP contribution in [0.3, 0.4) is 0 Å². The molecule has 4 heteroatoms. The lowest BCUT2D eigenvalue weighted by Gasteiger charge is -2.09. The summed E-state index contributed by atoms with van der Waals surface area (Å²) in [5, 5.41) is 18.2. The van der Waals surface area contributed by atoms with Gasteiger partial charge in [-0.15, -0.1) is 0 Å². The van der Waals surface area contributed by atoms with E-state index in [1.165, 1.54) is 0 Å². The number of aliphatic carboxylic acids is 1. The summed E-state index contributed by atoms with van der Waals surface area (Å²) < 4.78 is 0. The monoisotopic (exact) mass is 195 g/mol. The Balaban J connectivity index is 2.87. The normalized spacial score (nSPS) is 12.4.